The molecule has 2 saturated heterocycles. The highest BCUT2D eigenvalue weighted by atomic mass is 16.6. The molecule has 0 unspecified atom stereocenters. The SMILES string of the molecule is CCCc1[nH]nc(C(=O)N2CCC[C@@H](N3CCCC3)C2)c1[N+](=O)[O-]. The second kappa shape index (κ2) is 7.29. The highest BCUT2D eigenvalue weighted by Gasteiger charge is 2.35. The summed E-state index contributed by atoms with van der Waals surface area (Å²) in [5.74, 6) is -0.316. The number of amides is 1. The maximum Gasteiger partial charge on any atom is 0.322 e. The molecular weight excluding hydrogens is 310 g/mol. The summed E-state index contributed by atoms with van der Waals surface area (Å²) >= 11 is 0. The van der Waals surface area contributed by atoms with Crippen LogP contribution in [0, 0.1) is 10.1 Å². The van der Waals surface area contributed by atoms with Gasteiger partial charge in [0.05, 0.1) is 4.92 Å². The number of nitrogens with zero attached hydrogens (tertiary/aromatic N) is 4. The lowest BCUT2D eigenvalue weighted by atomic mass is 10.0. The highest BCUT2D eigenvalue weighted by molar-refractivity contribution is 5.96. The molecule has 0 radical (unpaired) electrons. The van der Waals surface area contributed by atoms with Crippen molar-refractivity contribution in [3.63, 3.8) is 0 Å². The average molecular weight is 335 g/mol. The third-order valence-corrected chi connectivity index (χ3v) is 5.04. The summed E-state index contributed by atoms with van der Waals surface area (Å²) in [5, 5.41) is 18.1. The number of carbonyl (C=O) groups is 1. The molecule has 1 aromatic heterocycles. The number of piperidine rings is 1. The number of hydrogen-bond donors (Lipinski definition) is 1. The Kier molecular flexibility index (Phi) is 5.13. The van der Waals surface area contributed by atoms with Gasteiger partial charge in [-0.15, -0.1) is 0 Å². The largest absolute Gasteiger partial charge is 0.335 e. The second-order valence-corrected chi connectivity index (χ2v) is 6.70. The third kappa shape index (κ3) is 3.28. The van der Waals surface area contributed by atoms with E-state index in [-0.39, 0.29) is 17.3 Å². The molecule has 24 heavy (non-hydrogen) atoms. The summed E-state index contributed by atoms with van der Waals surface area (Å²) in [6, 6.07) is 0.373. The number of likely N-dealkylation sites (tertiary alicyclic amines) is 2. The smallest absolute Gasteiger partial charge is 0.322 e. The van der Waals surface area contributed by atoms with E-state index >= 15 is 0 Å². The number of H-pyrrole nitrogens is 1. The van der Waals surface area contributed by atoms with Crippen LogP contribution in [-0.4, -0.2) is 63.0 Å². The first-order chi connectivity index (χ1) is 11.6. The van der Waals surface area contributed by atoms with E-state index in [4.69, 9.17) is 0 Å². The molecule has 2 aliphatic heterocycles. The van der Waals surface area contributed by atoms with E-state index in [1.165, 1.54) is 12.8 Å². The van der Waals surface area contributed by atoms with Gasteiger partial charge in [-0.3, -0.25) is 24.9 Å². The zero-order valence-corrected chi connectivity index (χ0v) is 14.2. The summed E-state index contributed by atoms with van der Waals surface area (Å²) in [6.07, 6.45) is 5.75. The Morgan fingerprint density at radius 2 is 2.08 bits per heavy atom. The van der Waals surface area contributed by atoms with Crippen molar-refractivity contribution in [3.05, 3.63) is 21.5 Å². The Hall–Kier alpha value is -1.96. The zero-order chi connectivity index (χ0) is 17.1. The molecule has 3 rings (SSSR count). The molecule has 1 aromatic rings. The monoisotopic (exact) mass is 335 g/mol. The van der Waals surface area contributed by atoms with Gasteiger partial charge in [-0.1, -0.05) is 13.3 Å². The van der Waals surface area contributed by atoms with Crippen LogP contribution in [0.4, 0.5) is 5.69 Å². The van der Waals surface area contributed by atoms with Crippen molar-refractivity contribution in [1.29, 1.82) is 0 Å². The highest BCUT2D eigenvalue weighted by Crippen LogP contribution is 2.26. The molecule has 0 bridgehead atoms. The lowest BCUT2D eigenvalue weighted by molar-refractivity contribution is -0.385. The lowest BCUT2D eigenvalue weighted by Gasteiger charge is -2.37. The van der Waals surface area contributed by atoms with Gasteiger partial charge in [0, 0.05) is 19.1 Å². The van der Waals surface area contributed by atoms with Crippen molar-refractivity contribution in [3.8, 4) is 0 Å². The van der Waals surface area contributed by atoms with Crippen LogP contribution in [-0.2, 0) is 6.42 Å². The normalized spacial score (nSPS) is 22.0. The molecule has 1 N–H and O–H groups in total. The number of aromatic nitrogens is 2. The van der Waals surface area contributed by atoms with Crippen molar-refractivity contribution in [1.82, 2.24) is 20.0 Å². The van der Waals surface area contributed by atoms with Gasteiger partial charge >= 0.3 is 5.69 Å². The van der Waals surface area contributed by atoms with Gasteiger partial charge < -0.3 is 4.90 Å². The number of nitrogens with one attached hydrogen (secondary N) is 1. The van der Waals surface area contributed by atoms with Crippen LogP contribution in [0.1, 0.15) is 55.2 Å². The van der Waals surface area contributed by atoms with E-state index in [9.17, 15) is 14.9 Å². The standard InChI is InChI=1S/C16H25N5O3/c1-2-6-13-15(21(23)24)14(18-17-13)16(22)20-10-5-7-12(11-20)19-8-3-4-9-19/h12H,2-11H2,1H3,(H,17,18)/t12-/m1/s1. The number of aryl methyl sites for hydroxylation is 1. The van der Waals surface area contributed by atoms with Crippen LogP contribution < -0.4 is 0 Å². The van der Waals surface area contributed by atoms with Crippen LogP contribution in [0.25, 0.3) is 0 Å². The topological polar surface area (TPSA) is 95.4 Å². The van der Waals surface area contributed by atoms with Crippen molar-refractivity contribution >= 4 is 11.6 Å². The molecule has 0 saturated carbocycles. The molecule has 3 heterocycles. The van der Waals surface area contributed by atoms with Crippen LogP contribution in [0.2, 0.25) is 0 Å². The Labute approximate surface area is 141 Å². The molecule has 1 atom stereocenters. The molecule has 8 nitrogen and oxygen atoms in total. The fraction of sp³-hybridized carbons (Fsp3) is 0.750. The fourth-order valence-corrected chi connectivity index (χ4v) is 3.84. The summed E-state index contributed by atoms with van der Waals surface area (Å²) in [4.78, 5) is 27.9. The minimum Gasteiger partial charge on any atom is -0.335 e. The number of nitro groups is 1. The van der Waals surface area contributed by atoms with Gasteiger partial charge in [-0.25, -0.2) is 0 Å². The van der Waals surface area contributed by atoms with Crippen LogP contribution >= 0.6 is 0 Å². The molecule has 1 amide bonds. The Morgan fingerprint density at radius 1 is 1.33 bits per heavy atom. The molecule has 8 heteroatoms. The van der Waals surface area contributed by atoms with Crippen LogP contribution in [0.3, 0.4) is 0 Å². The number of carbonyl (C=O) groups excluding carboxylic acids is 1. The van der Waals surface area contributed by atoms with Crippen LogP contribution in [0.15, 0.2) is 0 Å². The van der Waals surface area contributed by atoms with Gasteiger partial charge in [0.25, 0.3) is 5.91 Å². The van der Waals surface area contributed by atoms with E-state index < -0.39 is 4.92 Å². The van der Waals surface area contributed by atoms with Crippen molar-refractivity contribution in [2.24, 2.45) is 0 Å². The third-order valence-electron chi connectivity index (χ3n) is 5.04. The first kappa shape index (κ1) is 16.9. The Balaban J connectivity index is 1.77. The Morgan fingerprint density at radius 3 is 2.75 bits per heavy atom. The van der Waals surface area contributed by atoms with Crippen molar-refractivity contribution in [2.75, 3.05) is 26.2 Å². The number of rotatable bonds is 5. The summed E-state index contributed by atoms with van der Waals surface area (Å²) in [7, 11) is 0. The van der Waals surface area contributed by atoms with Gasteiger partial charge in [0.15, 0.2) is 0 Å². The van der Waals surface area contributed by atoms with Crippen molar-refractivity contribution in [2.45, 2.75) is 51.5 Å². The first-order valence-corrected chi connectivity index (χ1v) is 8.86. The van der Waals surface area contributed by atoms with Gasteiger partial charge in [0.2, 0.25) is 5.69 Å². The lowest BCUT2D eigenvalue weighted by Crippen LogP contribution is -2.49. The molecule has 0 spiro atoms. The fourth-order valence-electron chi connectivity index (χ4n) is 3.84. The van der Waals surface area contributed by atoms with Crippen molar-refractivity contribution < 1.29 is 9.72 Å². The molecule has 0 aliphatic carbocycles. The summed E-state index contributed by atoms with van der Waals surface area (Å²) < 4.78 is 0. The van der Waals surface area contributed by atoms with E-state index in [1.54, 1.807) is 4.90 Å². The van der Waals surface area contributed by atoms with Gasteiger partial charge in [-0.2, -0.15) is 5.10 Å². The Bertz CT molecular complexity index is 609. The van der Waals surface area contributed by atoms with Gasteiger partial charge in [-0.05, 0) is 45.2 Å². The van der Waals surface area contributed by atoms with Crippen LogP contribution in [0.5, 0.6) is 0 Å². The number of aromatic amines is 1. The second-order valence-electron chi connectivity index (χ2n) is 6.70. The predicted octanol–water partition coefficient (Wildman–Crippen LogP) is 1.97. The van der Waals surface area contributed by atoms with E-state index in [2.05, 4.69) is 15.1 Å². The number of hydrogen-bond acceptors (Lipinski definition) is 5. The summed E-state index contributed by atoms with van der Waals surface area (Å²) in [6.45, 7) is 5.42. The predicted molar refractivity (Wildman–Crippen MR) is 89.0 cm³/mol. The quantitative estimate of drug-likeness (QED) is 0.655. The van der Waals surface area contributed by atoms with E-state index in [0.29, 0.717) is 31.2 Å². The minimum absolute atomic E-state index is 0.0366. The first-order valence-electron chi connectivity index (χ1n) is 8.86. The minimum atomic E-state index is -0.483. The molecule has 2 fully saturated rings. The maximum atomic E-state index is 12.8. The summed E-state index contributed by atoms with van der Waals surface area (Å²) in [5.41, 5.74) is 0.259. The van der Waals surface area contributed by atoms with E-state index in [1.807, 2.05) is 6.92 Å². The van der Waals surface area contributed by atoms with Gasteiger partial charge in [0.1, 0.15) is 5.69 Å². The molecule has 2 aliphatic rings. The molecule has 0 aromatic carbocycles. The zero-order valence-electron chi connectivity index (χ0n) is 14.2. The average Bonchev–Trinajstić information content (AvgIpc) is 3.24. The maximum absolute atomic E-state index is 12.8. The van der Waals surface area contributed by atoms with E-state index in [0.717, 1.165) is 32.4 Å². The molecular formula is C16H25N5O3. The molecule has 132 valence electrons.